The fraction of sp³-hybridized carbons (Fsp3) is 0.636. The second-order valence-corrected chi connectivity index (χ2v) is 3.83. The van der Waals surface area contributed by atoms with E-state index in [-0.39, 0.29) is 12.6 Å². The molecule has 3 nitrogen and oxygen atoms in total. The van der Waals surface area contributed by atoms with E-state index in [9.17, 15) is 8.78 Å². The van der Waals surface area contributed by atoms with Crippen LogP contribution in [0.3, 0.4) is 0 Å². The van der Waals surface area contributed by atoms with Crippen molar-refractivity contribution in [3.05, 3.63) is 24.2 Å². The summed E-state index contributed by atoms with van der Waals surface area (Å²) < 4.78 is 29.1. The molecule has 2 unspecified atom stereocenters. The molecule has 0 aliphatic carbocycles. The Balaban J connectivity index is 2.13. The molecule has 1 rings (SSSR count). The molecule has 0 saturated heterocycles. The third-order valence-electron chi connectivity index (χ3n) is 2.37. The van der Waals surface area contributed by atoms with Gasteiger partial charge in [0, 0.05) is 19.0 Å². The lowest BCUT2D eigenvalue weighted by Crippen LogP contribution is -2.37. The summed E-state index contributed by atoms with van der Waals surface area (Å²) in [5, 5.41) is 11.8. The van der Waals surface area contributed by atoms with E-state index in [1.54, 1.807) is 6.26 Å². The molecule has 0 aromatic carbocycles. The van der Waals surface area contributed by atoms with Crippen LogP contribution in [0.15, 0.2) is 22.8 Å². The maximum atomic E-state index is 12.0. The van der Waals surface area contributed by atoms with Crippen molar-refractivity contribution in [1.82, 2.24) is 5.32 Å². The normalized spacial score (nSPS) is 15.3. The average molecular weight is 233 g/mol. The van der Waals surface area contributed by atoms with Crippen molar-refractivity contribution in [2.24, 2.45) is 0 Å². The lowest BCUT2D eigenvalue weighted by atomic mass is 10.1. The molecule has 16 heavy (non-hydrogen) atoms. The van der Waals surface area contributed by atoms with Crippen LogP contribution in [0.4, 0.5) is 8.78 Å². The summed E-state index contributed by atoms with van der Waals surface area (Å²) in [5.41, 5.74) is 0. The SMILES string of the molecule is CC(CCc1ccco1)NCC(O)C(F)F. The van der Waals surface area contributed by atoms with Crippen molar-refractivity contribution in [3.8, 4) is 0 Å². The van der Waals surface area contributed by atoms with E-state index in [1.165, 1.54) is 0 Å². The summed E-state index contributed by atoms with van der Waals surface area (Å²) in [4.78, 5) is 0. The first kappa shape index (κ1) is 13.1. The third-order valence-corrected chi connectivity index (χ3v) is 2.37. The van der Waals surface area contributed by atoms with Gasteiger partial charge in [-0.3, -0.25) is 0 Å². The molecule has 2 N–H and O–H groups in total. The van der Waals surface area contributed by atoms with Gasteiger partial charge in [-0.05, 0) is 25.5 Å². The Morgan fingerprint density at radius 3 is 2.81 bits per heavy atom. The highest BCUT2D eigenvalue weighted by Gasteiger charge is 2.17. The predicted octanol–water partition coefficient (Wildman–Crippen LogP) is 1.82. The zero-order chi connectivity index (χ0) is 12.0. The average Bonchev–Trinajstić information content (AvgIpc) is 2.75. The molecular weight excluding hydrogens is 216 g/mol. The lowest BCUT2D eigenvalue weighted by molar-refractivity contribution is -0.00446. The standard InChI is InChI=1S/C11H17F2NO2/c1-8(14-7-10(15)11(12)13)4-5-9-3-2-6-16-9/h2-3,6,8,10-11,14-15H,4-5,7H2,1H3. The largest absolute Gasteiger partial charge is 0.469 e. The Morgan fingerprint density at radius 1 is 1.50 bits per heavy atom. The molecule has 1 aromatic heterocycles. The van der Waals surface area contributed by atoms with Crippen LogP contribution >= 0.6 is 0 Å². The molecule has 0 amide bonds. The second-order valence-electron chi connectivity index (χ2n) is 3.83. The second kappa shape index (κ2) is 6.60. The van der Waals surface area contributed by atoms with Crippen molar-refractivity contribution < 1.29 is 18.3 Å². The fourth-order valence-corrected chi connectivity index (χ4v) is 1.33. The highest BCUT2D eigenvalue weighted by atomic mass is 19.3. The van der Waals surface area contributed by atoms with Gasteiger partial charge < -0.3 is 14.8 Å². The number of furan rings is 1. The minimum absolute atomic E-state index is 0.0681. The van der Waals surface area contributed by atoms with E-state index < -0.39 is 12.5 Å². The Morgan fingerprint density at radius 2 is 2.25 bits per heavy atom. The van der Waals surface area contributed by atoms with Crippen molar-refractivity contribution >= 4 is 0 Å². The molecule has 2 atom stereocenters. The Hall–Kier alpha value is -0.940. The van der Waals surface area contributed by atoms with E-state index >= 15 is 0 Å². The molecule has 0 fully saturated rings. The summed E-state index contributed by atoms with van der Waals surface area (Å²) in [6, 6.07) is 3.76. The smallest absolute Gasteiger partial charge is 0.265 e. The molecule has 0 bridgehead atoms. The van der Waals surface area contributed by atoms with Gasteiger partial charge in [0.1, 0.15) is 11.9 Å². The number of aryl methyl sites for hydroxylation is 1. The zero-order valence-corrected chi connectivity index (χ0v) is 9.20. The van der Waals surface area contributed by atoms with Gasteiger partial charge in [0.2, 0.25) is 0 Å². The van der Waals surface area contributed by atoms with Crippen molar-refractivity contribution in [2.75, 3.05) is 6.54 Å². The number of aliphatic hydroxyl groups excluding tert-OH is 1. The van der Waals surface area contributed by atoms with Gasteiger partial charge in [0.05, 0.1) is 6.26 Å². The summed E-state index contributed by atoms with van der Waals surface area (Å²) in [7, 11) is 0. The summed E-state index contributed by atoms with van der Waals surface area (Å²) in [6.45, 7) is 1.80. The molecule has 5 heteroatoms. The van der Waals surface area contributed by atoms with E-state index in [0.29, 0.717) is 0 Å². The number of rotatable bonds is 7. The van der Waals surface area contributed by atoms with Crippen LogP contribution in [0.5, 0.6) is 0 Å². The van der Waals surface area contributed by atoms with Crippen molar-refractivity contribution in [2.45, 2.75) is 38.3 Å². The minimum atomic E-state index is -2.69. The number of hydrogen-bond donors (Lipinski definition) is 2. The van der Waals surface area contributed by atoms with Crippen molar-refractivity contribution in [1.29, 1.82) is 0 Å². The molecule has 0 radical (unpaired) electrons. The van der Waals surface area contributed by atoms with Gasteiger partial charge in [-0.2, -0.15) is 0 Å². The van der Waals surface area contributed by atoms with E-state index in [0.717, 1.165) is 18.6 Å². The number of hydrogen-bond acceptors (Lipinski definition) is 3. The highest BCUT2D eigenvalue weighted by Crippen LogP contribution is 2.06. The molecule has 0 spiro atoms. The molecule has 92 valence electrons. The molecular formula is C11H17F2NO2. The topological polar surface area (TPSA) is 45.4 Å². The van der Waals surface area contributed by atoms with Gasteiger partial charge in [-0.1, -0.05) is 0 Å². The molecule has 1 heterocycles. The minimum Gasteiger partial charge on any atom is -0.469 e. The first-order valence-electron chi connectivity index (χ1n) is 5.31. The summed E-state index contributed by atoms with van der Waals surface area (Å²) in [6.07, 6.45) is -1.14. The highest BCUT2D eigenvalue weighted by molar-refractivity contribution is 4.98. The summed E-state index contributed by atoms with van der Waals surface area (Å²) >= 11 is 0. The van der Waals surface area contributed by atoms with E-state index in [1.807, 2.05) is 19.1 Å². The van der Waals surface area contributed by atoms with Crippen LogP contribution in [0.1, 0.15) is 19.1 Å². The van der Waals surface area contributed by atoms with Crippen LogP contribution in [-0.2, 0) is 6.42 Å². The number of nitrogens with one attached hydrogen (secondary N) is 1. The van der Waals surface area contributed by atoms with E-state index in [4.69, 9.17) is 9.52 Å². The fourth-order valence-electron chi connectivity index (χ4n) is 1.33. The number of alkyl halides is 2. The zero-order valence-electron chi connectivity index (χ0n) is 9.20. The van der Waals surface area contributed by atoms with E-state index in [2.05, 4.69) is 5.32 Å². The number of halogens is 2. The van der Waals surface area contributed by atoms with Gasteiger partial charge in [-0.25, -0.2) is 8.78 Å². The lowest BCUT2D eigenvalue weighted by Gasteiger charge is -2.16. The number of aliphatic hydroxyl groups is 1. The van der Waals surface area contributed by atoms with Crippen LogP contribution < -0.4 is 5.32 Å². The maximum absolute atomic E-state index is 12.0. The monoisotopic (exact) mass is 233 g/mol. The molecule has 0 saturated carbocycles. The van der Waals surface area contributed by atoms with Crippen LogP contribution in [-0.4, -0.2) is 30.2 Å². The third kappa shape index (κ3) is 4.72. The van der Waals surface area contributed by atoms with Gasteiger partial charge in [0.15, 0.2) is 0 Å². The predicted molar refractivity (Wildman–Crippen MR) is 56.5 cm³/mol. The van der Waals surface area contributed by atoms with Gasteiger partial charge in [-0.15, -0.1) is 0 Å². The molecule has 0 aliphatic heterocycles. The van der Waals surface area contributed by atoms with Crippen LogP contribution in [0.25, 0.3) is 0 Å². The van der Waals surface area contributed by atoms with Crippen molar-refractivity contribution in [3.63, 3.8) is 0 Å². The molecule has 1 aromatic rings. The van der Waals surface area contributed by atoms with Gasteiger partial charge >= 0.3 is 0 Å². The Bertz CT molecular complexity index is 278. The van der Waals surface area contributed by atoms with Gasteiger partial charge in [0.25, 0.3) is 6.43 Å². The van der Waals surface area contributed by atoms with Crippen LogP contribution in [0, 0.1) is 0 Å². The van der Waals surface area contributed by atoms with Crippen LogP contribution in [0.2, 0.25) is 0 Å². The maximum Gasteiger partial charge on any atom is 0.265 e. The summed E-state index contributed by atoms with van der Waals surface area (Å²) in [5.74, 6) is 0.878. The molecule has 0 aliphatic rings. The Labute approximate surface area is 93.5 Å². The first-order chi connectivity index (χ1) is 7.59. The first-order valence-corrected chi connectivity index (χ1v) is 5.31. The Kier molecular flexibility index (Phi) is 5.42. The quantitative estimate of drug-likeness (QED) is 0.755.